The third-order valence-electron chi connectivity index (χ3n) is 8.32. The van der Waals surface area contributed by atoms with Gasteiger partial charge in [-0.15, -0.1) is 0 Å². The molecular formula is C34H68N2. The fourth-order valence-corrected chi connectivity index (χ4v) is 5.83. The van der Waals surface area contributed by atoms with E-state index in [9.17, 15) is 0 Å². The highest BCUT2D eigenvalue weighted by Crippen LogP contribution is 2.24. The van der Waals surface area contributed by atoms with Crippen molar-refractivity contribution in [2.45, 2.75) is 194 Å². The van der Waals surface area contributed by atoms with E-state index in [-0.39, 0.29) is 0 Å². The lowest BCUT2D eigenvalue weighted by Crippen LogP contribution is -2.39. The average Bonchev–Trinajstić information content (AvgIpc) is 3.27. The maximum atomic E-state index is 2.70. The second kappa shape index (κ2) is 26.0. The van der Waals surface area contributed by atoms with E-state index in [4.69, 9.17) is 0 Å². The minimum Gasteiger partial charge on any atom is -0.356 e. The van der Waals surface area contributed by atoms with Crippen LogP contribution in [0.25, 0.3) is 0 Å². The van der Waals surface area contributed by atoms with Crippen LogP contribution in [0.5, 0.6) is 0 Å². The highest BCUT2D eigenvalue weighted by molar-refractivity contribution is 4.97. The molecule has 0 aromatic rings. The second-order valence-electron chi connectivity index (χ2n) is 11.8. The van der Waals surface area contributed by atoms with Crippen LogP contribution in [-0.2, 0) is 0 Å². The molecule has 2 nitrogen and oxygen atoms in total. The highest BCUT2D eigenvalue weighted by atomic mass is 15.4. The molecule has 0 radical (unpaired) electrons. The lowest BCUT2D eigenvalue weighted by molar-refractivity contribution is 0.135. The summed E-state index contributed by atoms with van der Waals surface area (Å²) in [4.78, 5) is 5.40. The first-order valence-electron chi connectivity index (χ1n) is 17.0. The highest BCUT2D eigenvalue weighted by Gasteiger charge is 2.24. The Balaban J connectivity index is 2.26. The maximum absolute atomic E-state index is 2.70. The fraction of sp³-hybridized carbons (Fsp3) is 0.941. The summed E-state index contributed by atoms with van der Waals surface area (Å²) in [6, 6.07) is 0. The van der Waals surface area contributed by atoms with Crippen LogP contribution in [-0.4, -0.2) is 29.1 Å². The van der Waals surface area contributed by atoms with Crippen LogP contribution < -0.4 is 0 Å². The minimum atomic E-state index is 0.642. The summed E-state index contributed by atoms with van der Waals surface area (Å²) >= 11 is 0. The van der Waals surface area contributed by atoms with Gasteiger partial charge < -0.3 is 9.80 Å². The Labute approximate surface area is 229 Å². The Morgan fingerprint density at radius 2 is 0.639 bits per heavy atom. The molecule has 2 heteroatoms. The standard InChI is InChI=1S/C34H68N2/c1-4-7-10-13-16-19-22-25-28-31-36-33-32-35(30-27-24-21-18-15-12-9-6-3)34(36)29-26-23-20-17-14-11-8-5-2/h32-34H,4-31H2,1-3H3. The molecule has 0 spiro atoms. The van der Waals surface area contributed by atoms with Gasteiger partial charge in [0.2, 0.25) is 0 Å². The van der Waals surface area contributed by atoms with Crippen LogP contribution in [0.4, 0.5) is 0 Å². The molecule has 1 atom stereocenters. The van der Waals surface area contributed by atoms with Crippen LogP contribution in [0.15, 0.2) is 12.4 Å². The number of hydrogen-bond donors (Lipinski definition) is 0. The van der Waals surface area contributed by atoms with Gasteiger partial charge in [-0.05, 0) is 25.7 Å². The average molecular weight is 505 g/mol. The summed E-state index contributed by atoms with van der Waals surface area (Å²) in [5, 5.41) is 0. The van der Waals surface area contributed by atoms with E-state index in [0.29, 0.717) is 6.17 Å². The monoisotopic (exact) mass is 505 g/mol. The number of hydrogen-bond acceptors (Lipinski definition) is 2. The van der Waals surface area contributed by atoms with E-state index in [1.165, 1.54) is 180 Å². The molecule has 0 saturated heterocycles. The first kappa shape index (κ1) is 33.4. The number of nitrogens with zero attached hydrogens (tertiary/aromatic N) is 2. The summed E-state index contributed by atoms with van der Waals surface area (Å²) in [5.74, 6) is 0. The Morgan fingerprint density at radius 1 is 0.361 bits per heavy atom. The van der Waals surface area contributed by atoms with Crippen LogP contribution in [0, 0.1) is 0 Å². The van der Waals surface area contributed by atoms with Crippen molar-refractivity contribution in [1.82, 2.24) is 9.80 Å². The largest absolute Gasteiger partial charge is 0.356 e. The van der Waals surface area contributed by atoms with E-state index in [1.54, 1.807) is 0 Å². The van der Waals surface area contributed by atoms with Crippen LogP contribution in [0.2, 0.25) is 0 Å². The van der Waals surface area contributed by atoms with Crippen molar-refractivity contribution in [2.24, 2.45) is 0 Å². The van der Waals surface area contributed by atoms with E-state index in [1.807, 2.05) is 0 Å². The third kappa shape index (κ3) is 18.6. The van der Waals surface area contributed by atoms with Crippen LogP contribution >= 0.6 is 0 Å². The normalized spacial score (nSPS) is 15.5. The van der Waals surface area contributed by atoms with E-state index >= 15 is 0 Å². The predicted octanol–water partition coefficient (Wildman–Crippen LogP) is 11.6. The quantitative estimate of drug-likeness (QED) is 0.0977. The molecule has 0 amide bonds. The lowest BCUT2D eigenvalue weighted by atomic mass is 10.1. The molecule has 1 unspecified atom stereocenters. The van der Waals surface area contributed by atoms with Gasteiger partial charge in [0, 0.05) is 25.5 Å². The summed E-state index contributed by atoms with van der Waals surface area (Å²) in [6.07, 6.45) is 42.5. The third-order valence-corrected chi connectivity index (χ3v) is 8.32. The predicted molar refractivity (Wildman–Crippen MR) is 163 cm³/mol. The molecule has 36 heavy (non-hydrogen) atoms. The molecular weight excluding hydrogens is 436 g/mol. The molecule has 0 fully saturated rings. The zero-order valence-corrected chi connectivity index (χ0v) is 25.4. The van der Waals surface area contributed by atoms with Crippen molar-refractivity contribution >= 4 is 0 Å². The Morgan fingerprint density at radius 3 is 0.972 bits per heavy atom. The van der Waals surface area contributed by atoms with E-state index < -0.39 is 0 Å². The molecule has 214 valence electrons. The molecule has 0 saturated carbocycles. The maximum Gasteiger partial charge on any atom is 0.101 e. The van der Waals surface area contributed by atoms with Gasteiger partial charge in [-0.25, -0.2) is 0 Å². The first-order chi connectivity index (χ1) is 17.8. The molecule has 1 aliphatic rings. The van der Waals surface area contributed by atoms with Crippen molar-refractivity contribution in [1.29, 1.82) is 0 Å². The Kier molecular flexibility index (Phi) is 24.1. The molecule has 1 rings (SSSR count). The molecule has 0 aromatic heterocycles. The van der Waals surface area contributed by atoms with Gasteiger partial charge in [0.05, 0.1) is 0 Å². The zero-order chi connectivity index (χ0) is 25.9. The molecule has 0 aliphatic carbocycles. The van der Waals surface area contributed by atoms with E-state index in [0.717, 1.165) is 0 Å². The topological polar surface area (TPSA) is 6.48 Å². The summed E-state index contributed by atoms with van der Waals surface area (Å²) in [7, 11) is 0. The Bertz CT molecular complexity index is 460. The van der Waals surface area contributed by atoms with Gasteiger partial charge in [-0.2, -0.15) is 0 Å². The number of unbranched alkanes of at least 4 members (excludes halogenated alkanes) is 22. The van der Waals surface area contributed by atoms with Crippen molar-refractivity contribution in [3.05, 3.63) is 12.4 Å². The smallest absolute Gasteiger partial charge is 0.101 e. The van der Waals surface area contributed by atoms with Crippen molar-refractivity contribution in [3.8, 4) is 0 Å². The minimum absolute atomic E-state index is 0.642. The van der Waals surface area contributed by atoms with Gasteiger partial charge in [-0.1, -0.05) is 162 Å². The van der Waals surface area contributed by atoms with Crippen molar-refractivity contribution < 1.29 is 0 Å². The van der Waals surface area contributed by atoms with Crippen LogP contribution in [0.1, 0.15) is 188 Å². The van der Waals surface area contributed by atoms with Crippen molar-refractivity contribution in [2.75, 3.05) is 13.1 Å². The molecule has 0 aromatic carbocycles. The summed E-state index contributed by atoms with van der Waals surface area (Å²) in [6.45, 7) is 9.47. The summed E-state index contributed by atoms with van der Waals surface area (Å²) in [5.41, 5.74) is 0. The molecule has 0 N–H and O–H groups in total. The number of rotatable bonds is 28. The van der Waals surface area contributed by atoms with E-state index in [2.05, 4.69) is 43.0 Å². The van der Waals surface area contributed by atoms with Gasteiger partial charge >= 0.3 is 0 Å². The molecule has 1 aliphatic heterocycles. The van der Waals surface area contributed by atoms with Gasteiger partial charge in [0.15, 0.2) is 0 Å². The second-order valence-corrected chi connectivity index (χ2v) is 11.8. The fourth-order valence-electron chi connectivity index (χ4n) is 5.83. The van der Waals surface area contributed by atoms with Crippen LogP contribution in [0.3, 0.4) is 0 Å². The summed E-state index contributed by atoms with van der Waals surface area (Å²) < 4.78 is 0. The van der Waals surface area contributed by atoms with Gasteiger partial charge in [-0.3, -0.25) is 0 Å². The molecule has 1 heterocycles. The van der Waals surface area contributed by atoms with Crippen molar-refractivity contribution in [3.63, 3.8) is 0 Å². The Hall–Kier alpha value is -0.660. The first-order valence-corrected chi connectivity index (χ1v) is 17.0. The van der Waals surface area contributed by atoms with Gasteiger partial charge in [0.1, 0.15) is 6.17 Å². The zero-order valence-electron chi connectivity index (χ0n) is 25.4. The molecule has 0 bridgehead atoms. The SMILES string of the molecule is CCCCCCCCCCCN1C=CN(CCCCCCCCCC)C1CCCCCCCCCC. The van der Waals surface area contributed by atoms with Gasteiger partial charge in [0.25, 0.3) is 0 Å². The lowest BCUT2D eigenvalue weighted by Gasteiger charge is -2.33.